The van der Waals surface area contributed by atoms with E-state index in [1.54, 1.807) is 6.07 Å². The first kappa shape index (κ1) is 21.5. The third-order valence-corrected chi connectivity index (χ3v) is 6.15. The summed E-state index contributed by atoms with van der Waals surface area (Å²) in [5.41, 5.74) is 1.76. The minimum atomic E-state index is -0.107. The van der Waals surface area contributed by atoms with Gasteiger partial charge in [-0.3, -0.25) is 0 Å². The van der Waals surface area contributed by atoms with Gasteiger partial charge in [0.15, 0.2) is 0 Å². The molecule has 0 bridgehead atoms. The van der Waals surface area contributed by atoms with Crippen LogP contribution in [0.1, 0.15) is 31.2 Å². The Morgan fingerprint density at radius 1 is 0.968 bits per heavy atom. The van der Waals surface area contributed by atoms with E-state index >= 15 is 0 Å². The molecule has 1 saturated carbocycles. The van der Waals surface area contributed by atoms with Gasteiger partial charge in [0.2, 0.25) is 5.95 Å². The highest BCUT2D eigenvalue weighted by molar-refractivity contribution is 5.90. The SMILES string of the molecule is CN(C)c1nc(N[C@H]2CC[C@@H](CNCCc3ccccc3F)CC2)nc2ccccc12. The Morgan fingerprint density at radius 3 is 2.48 bits per heavy atom. The molecule has 0 atom stereocenters. The Balaban J connectivity index is 1.25. The predicted octanol–water partition coefficient (Wildman–Crippen LogP) is 4.64. The first-order valence-corrected chi connectivity index (χ1v) is 11.2. The molecule has 1 aromatic heterocycles. The summed E-state index contributed by atoms with van der Waals surface area (Å²) in [5, 5.41) is 8.16. The van der Waals surface area contributed by atoms with Gasteiger partial charge in [-0.25, -0.2) is 9.37 Å². The summed E-state index contributed by atoms with van der Waals surface area (Å²) in [7, 11) is 4.03. The fourth-order valence-electron chi connectivity index (χ4n) is 4.39. The van der Waals surface area contributed by atoms with Crippen molar-refractivity contribution in [2.45, 2.75) is 38.1 Å². The zero-order valence-corrected chi connectivity index (χ0v) is 18.4. The van der Waals surface area contributed by atoms with Crippen LogP contribution >= 0.6 is 0 Å². The normalized spacial score (nSPS) is 18.8. The lowest BCUT2D eigenvalue weighted by Gasteiger charge is -2.29. The molecule has 3 aromatic rings. The van der Waals surface area contributed by atoms with Gasteiger partial charge in [0.25, 0.3) is 0 Å². The standard InChI is InChI=1S/C25H32FN5/c1-31(2)24-21-8-4-6-10-23(21)29-25(30-24)28-20-13-11-18(12-14-20)17-27-16-15-19-7-3-5-9-22(19)26/h3-10,18,20,27H,11-17H2,1-2H3,(H,28,29,30)/t18-,20+. The quantitative estimate of drug-likeness (QED) is 0.519. The number of rotatable bonds is 8. The van der Waals surface area contributed by atoms with E-state index in [1.807, 2.05) is 49.3 Å². The minimum Gasteiger partial charge on any atom is -0.362 e. The molecule has 0 saturated heterocycles. The summed E-state index contributed by atoms with van der Waals surface area (Å²) < 4.78 is 13.7. The van der Waals surface area contributed by atoms with Gasteiger partial charge in [-0.2, -0.15) is 4.98 Å². The average molecular weight is 422 g/mol. The molecule has 164 valence electrons. The van der Waals surface area contributed by atoms with E-state index in [0.29, 0.717) is 17.9 Å². The van der Waals surface area contributed by atoms with E-state index in [2.05, 4.69) is 16.7 Å². The Bertz CT molecular complexity index is 998. The zero-order valence-electron chi connectivity index (χ0n) is 18.4. The predicted molar refractivity (Wildman–Crippen MR) is 126 cm³/mol. The van der Waals surface area contributed by atoms with E-state index in [1.165, 1.54) is 18.9 Å². The van der Waals surface area contributed by atoms with E-state index in [4.69, 9.17) is 9.97 Å². The van der Waals surface area contributed by atoms with Crippen LogP contribution in [0.2, 0.25) is 0 Å². The lowest BCUT2D eigenvalue weighted by Crippen LogP contribution is -2.32. The number of nitrogens with one attached hydrogen (secondary N) is 2. The van der Waals surface area contributed by atoms with Crippen molar-refractivity contribution in [2.75, 3.05) is 37.4 Å². The molecule has 4 rings (SSSR count). The minimum absolute atomic E-state index is 0.107. The van der Waals surface area contributed by atoms with E-state index in [0.717, 1.165) is 54.6 Å². The number of hydrogen-bond donors (Lipinski definition) is 2. The van der Waals surface area contributed by atoms with Gasteiger partial charge in [0.1, 0.15) is 11.6 Å². The van der Waals surface area contributed by atoms with Crippen molar-refractivity contribution in [1.29, 1.82) is 0 Å². The van der Waals surface area contributed by atoms with Gasteiger partial charge in [-0.15, -0.1) is 0 Å². The molecule has 2 aromatic carbocycles. The number of halogens is 1. The van der Waals surface area contributed by atoms with Crippen molar-refractivity contribution < 1.29 is 4.39 Å². The maximum absolute atomic E-state index is 13.7. The van der Waals surface area contributed by atoms with Crippen molar-refractivity contribution in [3.05, 3.63) is 59.9 Å². The highest BCUT2D eigenvalue weighted by Crippen LogP contribution is 2.28. The highest BCUT2D eigenvalue weighted by Gasteiger charge is 2.22. The van der Waals surface area contributed by atoms with Gasteiger partial charge < -0.3 is 15.5 Å². The fourth-order valence-corrected chi connectivity index (χ4v) is 4.39. The summed E-state index contributed by atoms with van der Waals surface area (Å²) >= 11 is 0. The average Bonchev–Trinajstić information content (AvgIpc) is 2.78. The van der Waals surface area contributed by atoms with Gasteiger partial charge in [-0.05, 0) is 74.9 Å². The molecular formula is C25H32FN5. The summed E-state index contributed by atoms with van der Waals surface area (Å²) in [5.74, 6) is 2.23. The highest BCUT2D eigenvalue weighted by atomic mass is 19.1. The fraction of sp³-hybridized carbons (Fsp3) is 0.440. The Kier molecular flexibility index (Phi) is 6.97. The molecular weight excluding hydrogens is 389 g/mol. The molecule has 0 radical (unpaired) electrons. The number of nitrogens with zero attached hydrogens (tertiary/aromatic N) is 3. The second-order valence-corrected chi connectivity index (χ2v) is 8.69. The first-order chi connectivity index (χ1) is 15.1. The monoisotopic (exact) mass is 421 g/mol. The molecule has 1 fully saturated rings. The Hall–Kier alpha value is -2.73. The Labute approximate surface area is 184 Å². The van der Waals surface area contributed by atoms with Crippen LogP contribution in [-0.4, -0.2) is 43.2 Å². The second-order valence-electron chi connectivity index (χ2n) is 8.69. The molecule has 0 aliphatic heterocycles. The lowest BCUT2D eigenvalue weighted by molar-refractivity contribution is 0.325. The van der Waals surface area contributed by atoms with Crippen molar-refractivity contribution in [2.24, 2.45) is 5.92 Å². The topological polar surface area (TPSA) is 53.1 Å². The zero-order chi connectivity index (χ0) is 21.6. The molecule has 5 nitrogen and oxygen atoms in total. The smallest absolute Gasteiger partial charge is 0.225 e. The molecule has 2 N–H and O–H groups in total. The van der Waals surface area contributed by atoms with Crippen LogP contribution in [-0.2, 0) is 6.42 Å². The maximum atomic E-state index is 13.7. The number of hydrogen-bond acceptors (Lipinski definition) is 5. The molecule has 6 heteroatoms. The summed E-state index contributed by atoms with van der Waals surface area (Å²) in [6.07, 6.45) is 5.33. The van der Waals surface area contributed by atoms with Crippen LogP contribution in [0.15, 0.2) is 48.5 Å². The molecule has 31 heavy (non-hydrogen) atoms. The van der Waals surface area contributed by atoms with Crippen LogP contribution in [0, 0.1) is 11.7 Å². The van der Waals surface area contributed by atoms with Crippen molar-refractivity contribution in [3.63, 3.8) is 0 Å². The van der Waals surface area contributed by atoms with Crippen molar-refractivity contribution in [1.82, 2.24) is 15.3 Å². The van der Waals surface area contributed by atoms with Crippen LogP contribution in [0.25, 0.3) is 10.9 Å². The summed E-state index contributed by atoms with van der Waals surface area (Å²) in [4.78, 5) is 11.5. The molecule has 0 spiro atoms. The van der Waals surface area contributed by atoms with E-state index < -0.39 is 0 Å². The third-order valence-electron chi connectivity index (χ3n) is 6.15. The number of benzene rings is 2. The lowest BCUT2D eigenvalue weighted by atomic mass is 9.86. The van der Waals surface area contributed by atoms with E-state index in [-0.39, 0.29) is 5.82 Å². The van der Waals surface area contributed by atoms with Gasteiger partial charge in [0, 0.05) is 25.5 Å². The molecule has 0 unspecified atom stereocenters. The Morgan fingerprint density at radius 2 is 1.71 bits per heavy atom. The number of anilines is 2. The molecule has 0 amide bonds. The molecule has 1 heterocycles. The largest absolute Gasteiger partial charge is 0.362 e. The van der Waals surface area contributed by atoms with Crippen molar-refractivity contribution in [3.8, 4) is 0 Å². The first-order valence-electron chi connectivity index (χ1n) is 11.2. The molecule has 1 aliphatic rings. The van der Waals surface area contributed by atoms with Gasteiger partial charge in [0.05, 0.1) is 5.52 Å². The molecule has 1 aliphatic carbocycles. The van der Waals surface area contributed by atoms with Crippen LogP contribution < -0.4 is 15.5 Å². The second kappa shape index (κ2) is 10.1. The number of para-hydroxylation sites is 1. The van der Waals surface area contributed by atoms with Crippen LogP contribution in [0.4, 0.5) is 16.2 Å². The van der Waals surface area contributed by atoms with E-state index in [9.17, 15) is 4.39 Å². The third kappa shape index (κ3) is 5.50. The van der Waals surface area contributed by atoms with Crippen LogP contribution in [0.3, 0.4) is 0 Å². The van der Waals surface area contributed by atoms with Crippen molar-refractivity contribution >= 4 is 22.7 Å². The van der Waals surface area contributed by atoms with Gasteiger partial charge >= 0.3 is 0 Å². The summed E-state index contributed by atoms with van der Waals surface area (Å²) in [6, 6.07) is 15.6. The summed E-state index contributed by atoms with van der Waals surface area (Å²) in [6.45, 7) is 1.82. The number of aromatic nitrogens is 2. The van der Waals surface area contributed by atoms with Crippen LogP contribution in [0.5, 0.6) is 0 Å². The maximum Gasteiger partial charge on any atom is 0.225 e. The van der Waals surface area contributed by atoms with Gasteiger partial charge in [-0.1, -0.05) is 30.3 Å². The number of fused-ring (bicyclic) bond motifs is 1.